The van der Waals surface area contributed by atoms with Crippen LogP contribution < -0.4 is 9.47 Å². The molecule has 2 aromatic rings. The molecule has 0 N–H and O–H groups in total. The van der Waals surface area contributed by atoms with Gasteiger partial charge in [-0.2, -0.15) is 0 Å². The normalized spacial score (nSPS) is 12.3. The van der Waals surface area contributed by atoms with Gasteiger partial charge in [-0.05, 0) is 70.0 Å². The second kappa shape index (κ2) is 10.8. The van der Waals surface area contributed by atoms with E-state index in [4.69, 9.17) is 18.9 Å². The molecular formula is C26H38O4. The summed E-state index contributed by atoms with van der Waals surface area (Å²) >= 11 is 0. The molecule has 2 rings (SSSR count). The first-order valence-corrected chi connectivity index (χ1v) is 10.8. The summed E-state index contributed by atoms with van der Waals surface area (Å²) in [7, 11) is 0. The Labute approximate surface area is 182 Å². The van der Waals surface area contributed by atoms with Crippen LogP contribution in [-0.4, -0.2) is 38.1 Å². The first-order chi connectivity index (χ1) is 14.1. The average Bonchev–Trinajstić information content (AvgIpc) is 2.68. The van der Waals surface area contributed by atoms with Gasteiger partial charge in [-0.15, -0.1) is 0 Å². The predicted molar refractivity (Wildman–Crippen MR) is 123 cm³/mol. The number of benzene rings is 2. The number of rotatable bonds is 11. The predicted octanol–water partition coefficient (Wildman–Crippen LogP) is 6.01. The van der Waals surface area contributed by atoms with E-state index in [9.17, 15) is 0 Å². The summed E-state index contributed by atoms with van der Waals surface area (Å²) in [5, 5.41) is 0. The first-order valence-electron chi connectivity index (χ1n) is 10.8. The van der Waals surface area contributed by atoms with Crippen molar-refractivity contribution in [2.24, 2.45) is 0 Å². The second-order valence-corrected chi connectivity index (χ2v) is 9.25. The minimum absolute atomic E-state index is 0.118. The molecular weight excluding hydrogens is 376 g/mol. The Bertz CT molecular complexity index is 740. The van der Waals surface area contributed by atoms with Crippen molar-refractivity contribution in [1.29, 1.82) is 0 Å². The Morgan fingerprint density at radius 2 is 1.07 bits per heavy atom. The molecule has 30 heavy (non-hydrogen) atoms. The van der Waals surface area contributed by atoms with Crippen molar-refractivity contribution in [2.45, 2.75) is 65.6 Å². The van der Waals surface area contributed by atoms with Crippen molar-refractivity contribution >= 4 is 0 Å². The van der Waals surface area contributed by atoms with E-state index in [1.807, 2.05) is 58.9 Å². The molecule has 0 bridgehead atoms. The molecule has 0 unspecified atom stereocenters. The molecule has 0 fully saturated rings. The van der Waals surface area contributed by atoms with Gasteiger partial charge in [0, 0.05) is 5.41 Å². The maximum absolute atomic E-state index is 5.80. The van der Waals surface area contributed by atoms with Crippen LogP contribution >= 0.6 is 0 Å². The monoisotopic (exact) mass is 414 g/mol. The third kappa shape index (κ3) is 8.00. The van der Waals surface area contributed by atoms with Crippen LogP contribution in [0.4, 0.5) is 0 Å². The van der Waals surface area contributed by atoms with E-state index in [1.165, 1.54) is 11.1 Å². The second-order valence-electron chi connectivity index (χ2n) is 9.25. The third-order valence-electron chi connectivity index (χ3n) is 4.84. The van der Waals surface area contributed by atoms with Crippen LogP contribution in [0.1, 0.15) is 59.6 Å². The van der Waals surface area contributed by atoms with Crippen LogP contribution in [0.3, 0.4) is 0 Å². The van der Waals surface area contributed by atoms with Crippen molar-refractivity contribution in [3.05, 3.63) is 59.7 Å². The molecule has 0 radical (unpaired) electrons. The van der Waals surface area contributed by atoms with E-state index >= 15 is 0 Å². The van der Waals surface area contributed by atoms with Gasteiger partial charge >= 0.3 is 0 Å². The van der Waals surface area contributed by atoms with E-state index in [1.54, 1.807) is 0 Å². The Morgan fingerprint density at radius 1 is 0.633 bits per heavy atom. The smallest absolute Gasteiger partial charge is 0.119 e. The number of hydrogen-bond acceptors (Lipinski definition) is 4. The topological polar surface area (TPSA) is 36.9 Å². The van der Waals surface area contributed by atoms with Gasteiger partial charge in [0.15, 0.2) is 0 Å². The van der Waals surface area contributed by atoms with Crippen LogP contribution in [0.5, 0.6) is 11.5 Å². The molecule has 2 aromatic carbocycles. The summed E-state index contributed by atoms with van der Waals surface area (Å²) in [6, 6.07) is 16.6. The van der Waals surface area contributed by atoms with E-state index in [0.717, 1.165) is 11.5 Å². The first kappa shape index (κ1) is 24.2. The quantitative estimate of drug-likeness (QED) is 0.422. The summed E-state index contributed by atoms with van der Waals surface area (Å²) < 4.78 is 22.8. The van der Waals surface area contributed by atoms with Crippen molar-refractivity contribution in [1.82, 2.24) is 0 Å². The van der Waals surface area contributed by atoms with Gasteiger partial charge in [-0.3, -0.25) is 0 Å². The molecule has 0 spiro atoms. The lowest BCUT2D eigenvalue weighted by Crippen LogP contribution is -2.22. The van der Waals surface area contributed by atoms with Crippen LogP contribution in [0.2, 0.25) is 0 Å². The zero-order chi connectivity index (χ0) is 22.2. The fourth-order valence-electron chi connectivity index (χ4n) is 3.05. The zero-order valence-electron chi connectivity index (χ0n) is 19.7. The van der Waals surface area contributed by atoms with Crippen molar-refractivity contribution < 1.29 is 18.9 Å². The van der Waals surface area contributed by atoms with Crippen LogP contribution in [-0.2, 0) is 14.9 Å². The van der Waals surface area contributed by atoms with Gasteiger partial charge in [-0.25, -0.2) is 0 Å². The molecule has 0 amide bonds. The average molecular weight is 415 g/mol. The van der Waals surface area contributed by atoms with Gasteiger partial charge in [0.25, 0.3) is 0 Å². The maximum Gasteiger partial charge on any atom is 0.119 e. The molecule has 0 aliphatic rings. The molecule has 166 valence electrons. The van der Waals surface area contributed by atoms with Crippen molar-refractivity contribution in [3.8, 4) is 11.5 Å². The summed E-state index contributed by atoms with van der Waals surface area (Å²) in [4.78, 5) is 0. The van der Waals surface area contributed by atoms with Crippen LogP contribution in [0.25, 0.3) is 0 Å². The van der Waals surface area contributed by atoms with E-state index in [-0.39, 0.29) is 17.1 Å². The Hall–Kier alpha value is -2.04. The number of hydrogen-bond donors (Lipinski definition) is 0. The lowest BCUT2D eigenvalue weighted by molar-refractivity contribution is -0.0163. The van der Waals surface area contributed by atoms with E-state index in [0.29, 0.717) is 26.4 Å². The van der Waals surface area contributed by atoms with Gasteiger partial charge in [0.1, 0.15) is 24.7 Å². The van der Waals surface area contributed by atoms with Crippen molar-refractivity contribution in [2.75, 3.05) is 26.4 Å². The Morgan fingerprint density at radius 3 is 1.47 bits per heavy atom. The third-order valence-corrected chi connectivity index (χ3v) is 4.84. The molecule has 0 saturated heterocycles. The molecule has 0 atom stereocenters. The molecule has 0 heterocycles. The molecule has 0 aliphatic carbocycles. The van der Waals surface area contributed by atoms with Crippen LogP contribution in [0.15, 0.2) is 48.5 Å². The standard InChI is InChI=1S/C26H38O4/c1-20(2)27-16-17-28-23-12-8-21(9-13-23)26(6,7)22-10-14-24(15-11-22)29-18-19-30-25(3,4)5/h8-15,20H,16-19H2,1-7H3. The minimum Gasteiger partial charge on any atom is -0.491 e. The van der Waals surface area contributed by atoms with E-state index < -0.39 is 0 Å². The Kier molecular flexibility index (Phi) is 8.75. The van der Waals surface area contributed by atoms with Gasteiger partial charge < -0.3 is 18.9 Å². The van der Waals surface area contributed by atoms with Crippen LogP contribution in [0, 0.1) is 0 Å². The summed E-state index contributed by atoms with van der Waals surface area (Å²) in [5.74, 6) is 1.72. The fourth-order valence-corrected chi connectivity index (χ4v) is 3.05. The zero-order valence-corrected chi connectivity index (χ0v) is 19.7. The molecule has 4 nitrogen and oxygen atoms in total. The lowest BCUT2D eigenvalue weighted by Gasteiger charge is -2.26. The lowest BCUT2D eigenvalue weighted by atomic mass is 9.78. The SMILES string of the molecule is CC(C)OCCOc1ccc(C(C)(C)c2ccc(OCCOC(C)(C)C)cc2)cc1. The highest BCUT2D eigenvalue weighted by molar-refractivity contribution is 5.41. The summed E-state index contributed by atoms with van der Waals surface area (Å²) in [6.07, 6.45) is 0.227. The highest BCUT2D eigenvalue weighted by Crippen LogP contribution is 2.33. The maximum atomic E-state index is 5.80. The fraction of sp³-hybridized carbons (Fsp3) is 0.538. The van der Waals surface area contributed by atoms with Crippen molar-refractivity contribution in [3.63, 3.8) is 0 Å². The molecule has 4 heteroatoms. The van der Waals surface area contributed by atoms with E-state index in [2.05, 4.69) is 38.1 Å². The van der Waals surface area contributed by atoms with Gasteiger partial charge in [0.2, 0.25) is 0 Å². The molecule has 0 saturated carbocycles. The number of ether oxygens (including phenoxy) is 4. The van der Waals surface area contributed by atoms with Gasteiger partial charge in [0.05, 0.1) is 24.9 Å². The summed E-state index contributed by atoms with van der Waals surface area (Å²) in [6.45, 7) is 16.9. The largest absolute Gasteiger partial charge is 0.491 e. The summed E-state index contributed by atoms with van der Waals surface area (Å²) in [5.41, 5.74) is 2.22. The minimum atomic E-state index is -0.139. The molecule has 0 aromatic heterocycles. The Balaban J connectivity index is 1.91. The highest BCUT2D eigenvalue weighted by Gasteiger charge is 2.23. The molecule has 0 aliphatic heterocycles. The highest BCUT2D eigenvalue weighted by atomic mass is 16.5. The van der Waals surface area contributed by atoms with Gasteiger partial charge in [-0.1, -0.05) is 38.1 Å².